The van der Waals surface area contributed by atoms with Crippen LogP contribution in [0.5, 0.6) is 0 Å². The summed E-state index contributed by atoms with van der Waals surface area (Å²) in [6.45, 7) is 6.72. The third kappa shape index (κ3) is 8.27. The molecule has 1 aromatic heterocycles. The molecule has 3 aromatic rings. The Morgan fingerprint density at radius 3 is 1.30 bits per heavy atom. The summed E-state index contributed by atoms with van der Waals surface area (Å²) >= 11 is 0. The summed E-state index contributed by atoms with van der Waals surface area (Å²) in [5.41, 5.74) is -1.29. The molecule has 43 heavy (non-hydrogen) atoms. The van der Waals surface area contributed by atoms with E-state index in [4.69, 9.17) is 0 Å². The molecule has 0 radical (unpaired) electrons. The molecule has 0 aliphatic heterocycles. The van der Waals surface area contributed by atoms with Crippen LogP contribution in [-0.2, 0) is 9.59 Å². The van der Waals surface area contributed by atoms with Crippen molar-refractivity contribution in [2.24, 2.45) is 0 Å². The van der Waals surface area contributed by atoms with E-state index in [2.05, 4.69) is 15.0 Å². The quantitative estimate of drug-likeness (QED) is 0.172. The van der Waals surface area contributed by atoms with Crippen molar-refractivity contribution in [2.75, 3.05) is 22.9 Å². The number of Topliss-reactive ketones (excluding diaryl/α,β-unsaturated/α-hetero) is 2. The topological polar surface area (TPSA) is 79.3 Å². The zero-order chi connectivity index (χ0) is 31.9. The highest BCUT2D eigenvalue weighted by molar-refractivity contribution is 6.24. The van der Waals surface area contributed by atoms with Gasteiger partial charge in [0.2, 0.25) is 11.9 Å². The van der Waals surface area contributed by atoms with E-state index < -0.39 is 35.1 Å². The van der Waals surface area contributed by atoms with Crippen molar-refractivity contribution < 1.29 is 35.9 Å². The fourth-order valence-corrected chi connectivity index (χ4v) is 3.85. The van der Waals surface area contributed by atoms with Gasteiger partial charge in [-0.25, -0.2) is 0 Å². The normalized spacial score (nSPS) is 12.8. The average Bonchev–Trinajstić information content (AvgIpc) is 2.97. The molecule has 0 bridgehead atoms. The highest BCUT2D eigenvalue weighted by Gasteiger charge is 2.42. The molecule has 0 saturated heterocycles. The molecule has 0 fully saturated rings. The number of halogens is 6. The van der Waals surface area contributed by atoms with E-state index in [0.29, 0.717) is 0 Å². The van der Waals surface area contributed by atoms with Gasteiger partial charge in [-0.3, -0.25) is 9.59 Å². The molecular weight excluding hydrogens is 576 g/mol. The molecule has 0 saturated carbocycles. The van der Waals surface area contributed by atoms with Crippen LogP contribution in [0.25, 0.3) is 11.1 Å². The second-order valence-corrected chi connectivity index (χ2v) is 9.49. The number of hydrogen-bond donors (Lipinski definition) is 0. The first-order chi connectivity index (χ1) is 20.2. The van der Waals surface area contributed by atoms with Crippen LogP contribution >= 0.6 is 0 Å². The first-order valence-corrected chi connectivity index (χ1v) is 13.2. The molecule has 3 rings (SSSR count). The molecule has 13 heteroatoms. The summed E-state index contributed by atoms with van der Waals surface area (Å²) in [5, 5.41) is 0. The molecule has 0 atom stereocenters. The van der Waals surface area contributed by atoms with Gasteiger partial charge in [0.25, 0.3) is 11.6 Å². The van der Waals surface area contributed by atoms with Crippen molar-refractivity contribution in [3.05, 3.63) is 90.0 Å². The van der Waals surface area contributed by atoms with E-state index in [1.807, 2.05) is 0 Å². The molecule has 2 aromatic carbocycles. The lowest BCUT2D eigenvalue weighted by Crippen LogP contribution is -2.29. The minimum absolute atomic E-state index is 0.0120. The summed E-state index contributed by atoms with van der Waals surface area (Å²) in [6, 6.07) is 14.5. The van der Waals surface area contributed by atoms with E-state index in [1.54, 1.807) is 39.8 Å². The van der Waals surface area contributed by atoms with Gasteiger partial charge >= 0.3 is 12.4 Å². The fraction of sp³-hybridized carbons (Fsp3) is 0.300. The van der Waals surface area contributed by atoms with Crippen LogP contribution in [-0.4, -0.2) is 52.0 Å². The zero-order valence-corrected chi connectivity index (χ0v) is 23.7. The number of nitrogens with zero attached hydrogens (tertiary/aromatic N) is 5. The van der Waals surface area contributed by atoms with Crippen molar-refractivity contribution >= 4 is 34.6 Å². The highest BCUT2D eigenvalue weighted by Crippen LogP contribution is 2.30. The third-order valence-corrected chi connectivity index (χ3v) is 6.08. The average molecular weight is 606 g/mol. The van der Waals surface area contributed by atoms with Gasteiger partial charge in [-0.15, -0.1) is 0 Å². The van der Waals surface area contributed by atoms with Gasteiger partial charge in [0.1, 0.15) is 5.82 Å². The maximum atomic E-state index is 13.6. The van der Waals surface area contributed by atoms with E-state index >= 15 is 0 Å². The van der Waals surface area contributed by atoms with Gasteiger partial charge in [0.15, 0.2) is 0 Å². The lowest BCUT2D eigenvalue weighted by Gasteiger charge is -2.24. The molecule has 228 valence electrons. The number of allylic oxidation sites excluding steroid dienone is 2. The molecule has 0 N–H and O–H groups in total. The number of hydrogen-bond acceptors (Lipinski definition) is 7. The number of carbonyl (C=O) groups excluding carboxylic acids is 2. The predicted octanol–water partition coefficient (Wildman–Crippen LogP) is 6.99. The van der Waals surface area contributed by atoms with Gasteiger partial charge < -0.3 is 9.80 Å². The lowest BCUT2D eigenvalue weighted by molar-refractivity contribution is -0.164. The van der Waals surface area contributed by atoms with Crippen molar-refractivity contribution in [1.29, 1.82) is 0 Å². The van der Waals surface area contributed by atoms with Gasteiger partial charge in [-0.05, 0) is 25.0 Å². The Balaban J connectivity index is 2.22. The lowest BCUT2D eigenvalue weighted by atomic mass is 10.0. The minimum Gasteiger partial charge on any atom is -0.317 e. The Kier molecular flexibility index (Phi) is 10.4. The van der Waals surface area contributed by atoms with Gasteiger partial charge in [0, 0.05) is 31.4 Å². The SMILES string of the molecule is CCN(/C=C(/C(=O)C(F)(F)F)c1ccccc1)c1nc(C(C)C)nc(N(/C=C(/C(=O)C(F)(F)F)c2ccccc2)CC)n1. The van der Waals surface area contributed by atoms with E-state index in [1.165, 1.54) is 58.3 Å². The van der Waals surface area contributed by atoms with Crippen molar-refractivity contribution in [3.63, 3.8) is 0 Å². The molecule has 0 spiro atoms. The predicted molar refractivity (Wildman–Crippen MR) is 151 cm³/mol. The standard InChI is InChI=1S/C30H29F6N5O2/c1-5-40(17-22(24(42)29(31,32)33)20-13-9-7-10-14-20)27-37-26(19(3)4)38-28(39-27)41(6-2)18-23(25(43)30(34,35)36)21-15-11-8-12-16-21/h7-19H,5-6H2,1-4H3/b22-17+,23-18+. The van der Waals surface area contributed by atoms with Gasteiger partial charge in [0.05, 0.1) is 11.1 Å². The Bertz CT molecular complexity index is 1380. The van der Waals surface area contributed by atoms with Crippen molar-refractivity contribution in [3.8, 4) is 0 Å². The van der Waals surface area contributed by atoms with E-state index in [-0.39, 0.29) is 47.9 Å². The van der Waals surface area contributed by atoms with Crippen LogP contribution in [0.4, 0.5) is 38.2 Å². The van der Waals surface area contributed by atoms with Crippen LogP contribution in [0.3, 0.4) is 0 Å². The molecule has 0 aliphatic carbocycles. The summed E-state index contributed by atoms with van der Waals surface area (Å²) in [7, 11) is 0. The second kappa shape index (κ2) is 13.6. The molecule has 1 heterocycles. The van der Waals surface area contributed by atoms with Crippen LogP contribution in [0, 0.1) is 0 Å². The Morgan fingerprint density at radius 2 is 1.02 bits per heavy atom. The number of alkyl halides is 6. The maximum absolute atomic E-state index is 13.6. The van der Waals surface area contributed by atoms with Gasteiger partial charge in [-0.1, -0.05) is 74.5 Å². The van der Waals surface area contributed by atoms with E-state index in [0.717, 1.165) is 12.4 Å². The van der Waals surface area contributed by atoms with Crippen LogP contribution in [0.2, 0.25) is 0 Å². The number of aromatic nitrogens is 3. The van der Waals surface area contributed by atoms with Crippen LogP contribution in [0.1, 0.15) is 50.6 Å². The Morgan fingerprint density at radius 1 is 0.674 bits per heavy atom. The van der Waals surface area contributed by atoms with Crippen LogP contribution < -0.4 is 9.80 Å². The van der Waals surface area contributed by atoms with Crippen LogP contribution in [0.15, 0.2) is 73.1 Å². The monoisotopic (exact) mass is 605 g/mol. The largest absolute Gasteiger partial charge is 0.454 e. The summed E-state index contributed by atoms with van der Waals surface area (Å²) in [5.74, 6) is -4.59. The number of benzene rings is 2. The Labute approximate surface area is 244 Å². The summed E-state index contributed by atoms with van der Waals surface area (Å²) < 4.78 is 81.4. The number of carbonyl (C=O) groups is 2. The fourth-order valence-electron chi connectivity index (χ4n) is 3.85. The second-order valence-electron chi connectivity index (χ2n) is 9.49. The maximum Gasteiger partial charge on any atom is 0.454 e. The molecular formula is C30H29F6N5O2. The number of rotatable bonds is 11. The molecule has 0 aliphatic rings. The number of ketones is 2. The van der Waals surface area contributed by atoms with Gasteiger partial charge in [-0.2, -0.15) is 41.3 Å². The zero-order valence-electron chi connectivity index (χ0n) is 23.7. The molecule has 7 nitrogen and oxygen atoms in total. The van der Waals surface area contributed by atoms with Crippen molar-refractivity contribution in [1.82, 2.24) is 15.0 Å². The molecule has 0 unspecified atom stereocenters. The Hall–Kier alpha value is -4.55. The highest BCUT2D eigenvalue weighted by atomic mass is 19.4. The molecule has 0 amide bonds. The van der Waals surface area contributed by atoms with E-state index in [9.17, 15) is 35.9 Å². The summed E-state index contributed by atoms with van der Waals surface area (Å²) in [4.78, 5) is 40.4. The third-order valence-electron chi connectivity index (χ3n) is 6.08. The first-order valence-electron chi connectivity index (χ1n) is 13.2. The number of anilines is 2. The van der Waals surface area contributed by atoms with Crippen molar-refractivity contribution in [2.45, 2.75) is 46.0 Å². The smallest absolute Gasteiger partial charge is 0.317 e. The summed E-state index contributed by atoms with van der Waals surface area (Å²) in [6.07, 6.45) is -8.36. The minimum atomic E-state index is -5.17. The first kappa shape index (κ1) is 33.0.